The molecule has 2 aliphatic rings. The number of nitrogens with zero attached hydrogens (tertiary/aromatic N) is 1. The zero-order valence-electron chi connectivity index (χ0n) is 14.1. The van der Waals surface area contributed by atoms with Crippen LogP contribution < -0.4 is 4.90 Å². The number of aryl methyl sites for hydroxylation is 2. The van der Waals surface area contributed by atoms with Gasteiger partial charge in [0.15, 0.2) is 0 Å². The highest BCUT2D eigenvalue weighted by atomic mass is 32.1. The number of anilines is 1. The van der Waals surface area contributed by atoms with Crippen LogP contribution in [0.4, 0.5) is 5.00 Å². The predicted molar refractivity (Wildman–Crippen MR) is 90.0 cm³/mol. The van der Waals surface area contributed by atoms with Gasteiger partial charge in [-0.2, -0.15) is 0 Å². The number of thiophene rings is 1. The topological polar surface area (TPSA) is 20.3 Å². The lowest BCUT2D eigenvalue weighted by Crippen LogP contribution is -2.45. The molecule has 1 heterocycles. The summed E-state index contributed by atoms with van der Waals surface area (Å²) in [6.07, 6.45) is 3.58. The molecule has 0 bridgehead atoms. The highest BCUT2D eigenvalue weighted by molar-refractivity contribution is 7.16. The fraction of sp³-hybridized carbons (Fsp3) is 0.722. The largest absolute Gasteiger partial charge is 0.300 e. The minimum Gasteiger partial charge on any atom is -0.300 e. The van der Waals surface area contributed by atoms with Crippen LogP contribution in [0.25, 0.3) is 0 Å². The summed E-state index contributed by atoms with van der Waals surface area (Å²) in [4.78, 5) is 16.7. The molecule has 0 radical (unpaired) electrons. The normalized spacial score (nSPS) is 23.7. The molecular weight excluding hydrogens is 278 g/mol. The Kier molecular flexibility index (Phi) is 3.29. The summed E-state index contributed by atoms with van der Waals surface area (Å²) in [7, 11) is 0. The second-order valence-corrected chi connectivity index (χ2v) is 9.23. The molecule has 21 heavy (non-hydrogen) atoms. The number of hydrogen-bond acceptors (Lipinski definition) is 2. The van der Waals surface area contributed by atoms with Crippen LogP contribution in [0.1, 0.15) is 57.4 Å². The van der Waals surface area contributed by atoms with Crippen LogP contribution in [0.5, 0.6) is 0 Å². The highest BCUT2D eigenvalue weighted by Gasteiger charge is 2.69. The summed E-state index contributed by atoms with van der Waals surface area (Å²) >= 11 is 1.78. The van der Waals surface area contributed by atoms with E-state index in [1.165, 1.54) is 21.9 Å². The van der Waals surface area contributed by atoms with Crippen molar-refractivity contribution in [2.24, 2.45) is 16.7 Å². The predicted octanol–water partition coefficient (Wildman–Crippen LogP) is 4.93. The van der Waals surface area contributed by atoms with Crippen molar-refractivity contribution >= 4 is 22.2 Å². The van der Waals surface area contributed by atoms with Crippen LogP contribution in [0, 0.1) is 30.6 Å². The van der Waals surface area contributed by atoms with E-state index in [0.717, 1.165) is 12.8 Å². The zero-order valence-corrected chi connectivity index (χ0v) is 14.9. The quantitative estimate of drug-likeness (QED) is 0.775. The van der Waals surface area contributed by atoms with Crippen LogP contribution in [0.3, 0.4) is 0 Å². The molecular formula is C18H27NOS. The Morgan fingerprint density at radius 1 is 1.19 bits per heavy atom. The summed E-state index contributed by atoms with van der Waals surface area (Å²) in [6, 6.07) is 2.64. The molecule has 1 aromatic heterocycles. The molecule has 1 amide bonds. The first-order chi connectivity index (χ1) is 9.68. The third kappa shape index (κ3) is 2.08. The number of carbonyl (C=O) groups is 1. The van der Waals surface area contributed by atoms with Crippen molar-refractivity contribution in [2.75, 3.05) is 4.90 Å². The zero-order chi connectivity index (χ0) is 15.6. The summed E-state index contributed by atoms with van der Waals surface area (Å²) in [5.74, 6) is 0.518. The van der Waals surface area contributed by atoms with Crippen LogP contribution in [0.15, 0.2) is 6.07 Å². The van der Waals surface area contributed by atoms with Gasteiger partial charge >= 0.3 is 0 Å². The van der Waals surface area contributed by atoms with Crippen molar-refractivity contribution in [3.05, 3.63) is 16.5 Å². The molecule has 2 aliphatic carbocycles. The van der Waals surface area contributed by atoms with E-state index in [2.05, 4.69) is 52.5 Å². The van der Waals surface area contributed by atoms with Gasteiger partial charge in [0.1, 0.15) is 0 Å². The molecule has 2 nitrogen and oxygen atoms in total. The van der Waals surface area contributed by atoms with Crippen molar-refractivity contribution in [3.8, 4) is 0 Å². The van der Waals surface area contributed by atoms with E-state index in [0.29, 0.717) is 11.9 Å². The highest BCUT2D eigenvalue weighted by Crippen LogP contribution is 2.69. The number of amides is 1. The number of carbonyl (C=O) groups excluding carboxylic acids is 1. The van der Waals surface area contributed by atoms with Gasteiger partial charge in [-0.1, -0.05) is 27.7 Å². The lowest BCUT2D eigenvalue weighted by atomic mass is 9.91. The van der Waals surface area contributed by atoms with Gasteiger partial charge in [-0.25, -0.2) is 0 Å². The van der Waals surface area contributed by atoms with E-state index in [9.17, 15) is 4.79 Å². The minimum atomic E-state index is 0.118. The summed E-state index contributed by atoms with van der Waals surface area (Å²) in [5, 5.41) is 1.16. The van der Waals surface area contributed by atoms with E-state index in [4.69, 9.17) is 0 Å². The fourth-order valence-corrected chi connectivity index (χ4v) is 4.85. The van der Waals surface area contributed by atoms with Gasteiger partial charge in [0, 0.05) is 16.8 Å². The maximum atomic E-state index is 13.2. The second kappa shape index (κ2) is 4.58. The van der Waals surface area contributed by atoms with Crippen molar-refractivity contribution in [1.29, 1.82) is 0 Å². The molecule has 0 saturated heterocycles. The third-order valence-electron chi connectivity index (χ3n) is 6.34. The van der Waals surface area contributed by atoms with Gasteiger partial charge in [0.05, 0.1) is 5.00 Å². The Morgan fingerprint density at radius 3 is 2.10 bits per heavy atom. The van der Waals surface area contributed by atoms with Crippen LogP contribution >= 0.6 is 11.3 Å². The molecule has 0 unspecified atom stereocenters. The van der Waals surface area contributed by atoms with Gasteiger partial charge < -0.3 is 4.90 Å². The van der Waals surface area contributed by atoms with E-state index in [1.54, 1.807) is 11.3 Å². The van der Waals surface area contributed by atoms with E-state index >= 15 is 0 Å². The number of hydrogen-bond donors (Lipinski definition) is 0. The summed E-state index contributed by atoms with van der Waals surface area (Å²) in [5.41, 5.74) is 1.54. The van der Waals surface area contributed by atoms with Crippen LogP contribution in [-0.4, -0.2) is 11.9 Å². The lowest BCUT2D eigenvalue weighted by molar-refractivity contribution is -0.121. The summed E-state index contributed by atoms with van der Waals surface area (Å²) in [6.45, 7) is 13.2. The molecule has 0 spiro atoms. The second-order valence-electron chi connectivity index (χ2n) is 7.99. The fourth-order valence-electron chi connectivity index (χ4n) is 3.74. The lowest BCUT2D eigenvalue weighted by Gasteiger charge is -2.37. The molecule has 0 N–H and O–H groups in total. The molecule has 1 aromatic rings. The average Bonchev–Trinajstić information content (AvgIpc) is 2.57. The number of rotatable bonds is 3. The van der Waals surface area contributed by atoms with Crippen molar-refractivity contribution in [1.82, 2.24) is 0 Å². The first-order valence-electron chi connectivity index (χ1n) is 8.08. The third-order valence-corrected chi connectivity index (χ3v) is 7.49. The smallest absolute Gasteiger partial charge is 0.232 e. The van der Waals surface area contributed by atoms with E-state index in [-0.39, 0.29) is 16.7 Å². The molecule has 0 atom stereocenters. The summed E-state index contributed by atoms with van der Waals surface area (Å²) < 4.78 is 0. The SMILES string of the molecule is Cc1cc(N(C(=O)C2C(C)(C)C2(C)C)C2CCC2)sc1C. The first kappa shape index (κ1) is 15.1. The minimum absolute atomic E-state index is 0.118. The Labute approximate surface area is 132 Å². The van der Waals surface area contributed by atoms with Crippen molar-refractivity contribution in [3.63, 3.8) is 0 Å². The molecule has 0 aromatic carbocycles. The van der Waals surface area contributed by atoms with Crippen molar-refractivity contribution in [2.45, 2.75) is 66.8 Å². The monoisotopic (exact) mass is 305 g/mol. The Hall–Kier alpha value is -0.830. The van der Waals surface area contributed by atoms with Gasteiger partial charge in [0.2, 0.25) is 5.91 Å². The standard InChI is InChI=1S/C18H27NOS/c1-11-10-14(21-12(11)2)19(13-8-7-9-13)16(20)15-17(3,4)18(15,5)6/h10,13,15H,7-9H2,1-6H3. The maximum Gasteiger partial charge on any atom is 0.232 e. The molecule has 2 saturated carbocycles. The van der Waals surface area contributed by atoms with Crippen LogP contribution in [-0.2, 0) is 4.79 Å². The van der Waals surface area contributed by atoms with Crippen LogP contribution in [0.2, 0.25) is 0 Å². The molecule has 3 heteroatoms. The maximum absolute atomic E-state index is 13.2. The average molecular weight is 305 g/mol. The van der Waals surface area contributed by atoms with Gasteiger partial charge in [-0.15, -0.1) is 11.3 Å². The van der Waals surface area contributed by atoms with Gasteiger partial charge in [0.25, 0.3) is 0 Å². The van der Waals surface area contributed by atoms with E-state index in [1.807, 2.05) is 0 Å². The molecule has 116 valence electrons. The Bertz CT molecular complexity index is 547. The van der Waals surface area contributed by atoms with Gasteiger partial charge in [-0.05, 0) is 55.6 Å². The molecule has 0 aliphatic heterocycles. The molecule has 3 rings (SSSR count). The Morgan fingerprint density at radius 2 is 1.76 bits per heavy atom. The van der Waals surface area contributed by atoms with Crippen molar-refractivity contribution < 1.29 is 4.79 Å². The Balaban J connectivity index is 1.92. The first-order valence-corrected chi connectivity index (χ1v) is 8.89. The molecule has 2 fully saturated rings. The van der Waals surface area contributed by atoms with E-state index < -0.39 is 0 Å². The van der Waals surface area contributed by atoms with Gasteiger partial charge in [-0.3, -0.25) is 4.79 Å².